The third kappa shape index (κ3) is 3.37. The smallest absolute Gasteiger partial charge is 0.333 e. The highest BCUT2D eigenvalue weighted by Crippen LogP contribution is 2.27. The topological polar surface area (TPSA) is 40.6 Å². The Morgan fingerprint density at radius 3 is 2.59 bits per heavy atom. The van der Waals surface area contributed by atoms with Crippen LogP contribution in [0.1, 0.15) is 12.8 Å². The predicted molar refractivity (Wildman–Crippen MR) is 70.6 cm³/mol. The van der Waals surface area contributed by atoms with E-state index in [1.54, 1.807) is 6.07 Å². The number of nitrogens with zero attached hydrogens (tertiary/aromatic N) is 2. The molecule has 0 aromatic heterocycles. The molecule has 1 unspecified atom stereocenters. The molecule has 2 rings (SSSR count). The second kappa shape index (κ2) is 5.94. The Morgan fingerprint density at radius 2 is 2.00 bits per heavy atom. The fraction of sp³-hybridized carbons (Fsp3) is 0.429. The van der Waals surface area contributed by atoms with E-state index in [1.165, 1.54) is 18.2 Å². The quantitative estimate of drug-likeness (QED) is 0.803. The normalized spacial score (nSPS) is 18.7. The molecule has 0 N–H and O–H groups in total. The van der Waals surface area contributed by atoms with Crippen molar-refractivity contribution in [3.05, 3.63) is 30.1 Å². The zero-order chi connectivity index (χ0) is 16.5. The molecular weight excluding hydrogens is 304 g/mol. The van der Waals surface area contributed by atoms with E-state index in [1.807, 2.05) is 0 Å². The van der Waals surface area contributed by atoms with Gasteiger partial charge in [-0.1, -0.05) is 12.1 Å². The fourth-order valence-corrected chi connectivity index (χ4v) is 2.40. The number of hydrogen-bond donors (Lipinski definition) is 0. The van der Waals surface area contributed by atoms with Crippen molar-refractivity contribution in [3.63, 3.8) is 0 Å². The number of benzene rings is 1. The van der Waals surface area contributed by atoms with Crippen molar-refractivity contribution in [2.45, 2.75) is 25.1 Å². The van der Waals surface area contributed by atoms with Crippen molar-refractivity contribution in [3.8, 4) is 0 Å². The Labute approximate surface area is 124 Å². The van der Waals surface area contributed by atoms with Crippen molar-refractivity contribution in [2.24, 2.45) is 0 Å². The molecule has 1 fully saturated rings. The largest absolute Gasteiger partial charge is 0.397 e. The van der Waals surface area contributed by atoms with Gasteiger partial charge in [-0.3, -0.25) is 9.59 Å². The first-order chi connectivity index (χ1) is 10.2. The molecule has 1 heterocycles. The van der Waals surface area contributed by atoms with Gasteiger partial charge in [-0.2, -0.15) is 13.2 Å². The SMILES string of the molecule is CN(C(=O)CC(F)(F)F)C1CCN(c2ccccc2F)C1=O. The van der Waals surface area contributed by atoms with E-state index in [0.717, 1.165) is 16.8 Å². The molecule has 1 atom stereocenters. The van der Waals surface area contributed by atoms with Crippen LogP contribution in [0, 0.1) is 5.82 Å². The molecule has 22 heavy (non-hydrogen) atoms. The zero-order valence-corrected chi connectivity index (χ0v) is 11.7. The lowest BCUT2D eigenvalue weighted by atomic mass is 10.2. The highest BCUT2D eigenvalue weighted by Gasteiger charge is 2.40. The van der Waals surface area contributed by atoms with Gasteiger partial charge >= 0.3 is 6.18 Å². The Balaban J connectivity index is 2.11. The second-order valence-corrected chi connectivity index (χ2v) is 5.04. The number of halogens is 4. The molecule has 1 saturated heterocycles. The summed E-state index contributed by atoms with van der Waals surface area (Å²) in [4.78, 5) is 25.8. The van der Waals surface area contributed by atoms with E-state index < -0.39 is 36.3 Å². The maximum absolute atomic E-state index is 13.7. The molecule has 1 aromatic rings. The van der Waals surface area contributed by atoms with Gasteiger partial charge in [-0.25, -0.2) is 4.39 Å². The minimum Gasteiger partial charge on any atom is -0.333 e. The molecule has 1 aromatic carbocycles. The number of likely N-dealkylation sites (N-methyl/N-ethyl adjacent to an activating group) is 1. The lowest BCUT2D eigenvalue weighted by molar-refractivity contribution is -0.162. The molecule has 0 bridgehead atoms. The summed E-state index contributed by atoms with van der Waals surface area (Å²) in [5.41, 5.74) is 0.0617. The average Bonchev–Trinajstić information content (AvgIpc) is 2.78. The van der Waals surface area contributed by atoms with Crippen molar-refractivity contribution < 1.29 is 27.2 Å². The molecule has 2 amide bonds. The first-order valence-electron chi connectivity index (χ1n) is 6.59. The van der Waals surface area contributed by atoms with E-state index in [2.05, 4.69) is 0 Å². The molecule has 120 valence electrons. The third-order valence-corrected chi connectivity index (χ3v) is 3.53. The molecule has 0 radical (unpaired) electrons. The maximum Gasteiger partial charge on any atom is 0.397 e. The summed E-state index contributed by atoms with van der Waals surface area (Å²) >= 11 is 0. The Hall–Kier alpha value is -2.12. The highest BCUT2D eigenvalue weighted by molar-refractivity contribution is 6.01. The van der Waals surface area contributed by atoms with Crippen molar-refractivity contribution in [1.29, 1.82) is 0 Å². The monoisotopic (exact) mass is 318 g/mol. The van der Waals surface area contributed by atoms with Gasteiger partial charge in [-0.05, 0) is 18.6 Å². The van der Waals surface area contributed by atoms with Crippen LogP contribution in [0.2, 0.25) is 0 Å². The van der Waals surface area contributed by atoms with E-state index in [4.69, 9.17) is 0 Å². The van der Waals surface area contributed by atoms with Crippen LogP contribution in [0.5, 0.6) is 0 Å². The Morgan fingerprint density at radius 1 is 1.36 bits per heavy atom. The summed E-state index contributed by atoms with van der Waals surface area (Å²) in [5, 5.41) is 0. The molecule has 1 aliphatic heterocycles. The lowest BCUT2D eigenvalue weighted by Crippen LogP contribution is -2.44. The second-order valence-electron chi connectivity index (χ2n) is 5.04. The highest BCUT2D eigenvalue weighted by atomic mass is 19.4. The summed E-state index contributed by atoms with van der Waals surface area (Å²) in [6.45, 7) is 0.147. The average molecular weight is 318 g/mol. The van der Waals surface area contributed by atoms with Gasteiger partial charge in [0.05, 0.1) is 5.69 Å². The number of alkyl halides is 3. The van der Waals surface area contributed by atoms with Crippen molar-refractivity contribution in [2.75, 3.05) is 18.5 Å². The van der Waals surface area contributed by atoms with Crippen LogP contribution in [-0.4, -0.2) is 42.5 Å². The number of hydrogen-bond acceptors (Lipinski definition) is 2. The van der Waals surface area contributed by atoms with Gasteiger partial charge in [0.15, 0.2) is 0 Å². The van der Waals surface area contributed by atoms with Crippen molar-refractivity contribution in [1.82, 2.24) is 4.90 Å². The van der Waals surface area contributed by atoms with Crippen molar-refractivity contribution >= 4 is 17.5 Å². The number of amides is 2. The van der Waals surface area contributed by atoms with Crippen LogP contribution in [0.3, 0.4) is 0 Å². The van der Waals surface area contributed by atoms with Crippen LogP contribution >= 0.6 is 0 Å². The number of rotatable bonds is 3. The lowest BCUT2D eigenvalue weighted by Gasteiger charge is -2.24. The molecular formula is C14H14F4N2O2. The Kier molecular flexibility index (Phi) is 4.39. The summed E-state index contributed by atoms with van der Waals surface area (Å²) in [6.07, 6.45) is -6.08. The van der Waals surface area contributed by atoms with E-state index >= 15 is 0 Å². The minimum absolute atomic E-state index is 0.0617. The predicted octanol–water partition coefficient (Wildman–Crippen LogP) is 2.34. The van der Waals surface area contributed by atoms with Crippen LogP contribution in [0.4, 0.5) is 23.2 Å². The van der Waals surface area contributed by atoms with Crippen LogP contribution in [-0.2, 0) is 9.59 Å². The van der Waals surface area contributed by atoms with Gasteiger partial charge in [0, 0.05) is 13.6 Å². The van der Waals surface area contributed by atoms with Crippen LogP contribution in [0.15, 0.2) is 24.3 Å². The van der Waals surface area contributed by atoms with E-state index in [-0.39, 0.29) is 18.7 Å². The van der Waals surface area contributed by atoms with E-state index in [0.29, 0.717) is 0 Å². The van der Waals surface area contributed by atoms with Gasteiger partial charge in [0.2, 0.25) is 11.8 Å². The molecule has 0 spiro atoms. The van der Waals surface area contributed by atoms with Crippen LogP contribution in [0.25, 0.3) is 0 Å². The fourth-order valence-electron chi connectivity index (χ4n) is 2.40. The maximum atomic E-state index is 13.7. The van der Waals surface area contributed by atoms with Gasteiger partial charge < -0.3 is 9.80 Å². The number of anilines is 1. The molecule has 0 aliphatic carbocycles. The summed E-state index contributed by atoms with van der Waals surface area (Å²) in [7, 11) is 1.15. The van der Waals surface area contributed by atoms with Gasteiger partial charge in [-0.15, -0.1) is 0 Å². The summed E-state index contributed by atoms with van der Waals surface area (Å²) < 4.78 is 50.5. The first-order valence-corrected chi connectivity index (χ1v) is 6.59. The Bertz CT molecular complexity index is 588. The standard InChI is InChI=1S/C14H14F4N2O2/c1-19(12(21)8-14(16,17)18)11-6-7-20(13(11)22)10-5-3-2-4-9(10)15/h2-5,11H,6-8H2,1H3. The number of para-hydroxylation sites is 1. The molecule has 1 aliphatic rings. The van der Waals surface area contributed by atoms with E-state index in [9.17, 15) is 27.2 Å². The molecule has 8 heteroatoms. The first kappa shape index (κ1) is 16.3. The number of carbonyl (C=O) groups is 2. The zero-order valence-electron chi connectivity index (χ0n) is 11.7. The molecule has 4 nitrogen and oxygen atoms in total. The molecule has 0 saturated carbocycles. The van der Waals surface area contributed by atoms with Gasteiger partial charge in [0.1, 0.15) is 18.3 Å². The summed E-state index contributed by atoms with van der Waals surface area (Å²) in [5.74, 6) is -2.36. The van der Waals surface area contributed by atoms with Crippen LogP contribution < -0.4 is 4.90 Å². The number of carbonyl (C=O) groups excluding carboxylic acids is 2. The minimum atomic E-state index is -4.63. The summed E-state index contributed by atoms with van der Waals surface area (Å²) in [6, 6.07) is 4.61. The van der Waals surface area contributed by atoms with Gasteiger partial charge in [0.25, 0.3) is 0 Å². The third-order valence-electron chi connectivity index (χ3n) is 3.53.